The molecule has 1 atom stereocenters. The Balaban J connectivity index is 2.64. The van der Waals surface area contributed by atoms with E-state index in [1.54, 1.807) is 0 Å². The summed E-state index contributed by atoms with van der Waals surface area (Å²) < 4.78 is 5.22. The van der Waals surface area contributed by atoms with Crippen molar-refractivity contribution in [3.8, 4) is 0 Å². The lowest BCUT2D eigenvalue weighted by molar-refractivity contribution is -0.0548. The lowest BCUT2D eigenvalue weighted by Gasteiger charge is -2.15. The lowest BCUT2D eigenvalue weighted by atomic mass is 10.1. The highest BCUT2D eigenvalue weighted by Crippen LogP contribution is 2.21. The minimum Gasteiger partial charge on any atom is -0.371 e. The third-order valence-corrected chi connectivity index (χ3v) is 2.00. The molecule has 2 nitrogen and oxygen atoms in total. The fraction of sp³-hybridized carbons (Fsp3) is 0.455. The Bertz CT molecular complexity index is 215. The van der Waals surface area contributed by atoms with Gasteiger partial charge in [-0.2, -0.15) is 0 Å². The zero-order valence-electron chi connectivity index (χ0n) is 7.94. The van der Waals surface area contributed by atoms with E-state index in [1.165, 1.54) is 0 Å². The summed E-state index contributed by atoms with van der Waals surface area (Å²) in [5, 5.41) is 8.70. The predicted octanol–water partition coefficient (Wildman–Crippen LogP) is 2.49. The van der Waals surface area contributed by atoms with Gasteiger partial charge >= 0.3 is 0 Å². The molecular weight excluding hydrogens is 164 g/mol. The van der Waals surface area contributed by atoms with Crippen LogP contribution < -0.4 is 0 Å². The summed E-state index contributed by atoms with van der Waals surface area (Å²) in [5.41, 5.74) is 1.14. The van der Waals surface area contributed by atoms with Crippen molar-refractivity contribution in [3.63, 3.8) is 0 Å². The topological polar surface area (TPSA) is 29.5 Å². The van der Waals surface area contributed by atoms with Crippen molar-refractivity contribution in [2.75, 3.05) is 6.79 Å². The molecule has 0 aliphatic heterocycles. The Morgan fingerprint density at radius 3 is 2.54 bits per heavy atom. The Kier molecular flexibility index (Phi) is 4.50. The minimum atomic E-state index is -0.209. The molecule has 0 aliphatic rings. The van der Waals surface area contributed by atoms with Gasteiger partial charge in [0.15, 0.2) is 0 Å². The second kappa shape index (κ2) is 5.73. The summed E-state index contributed by atoms with van der Waals surface area (Å²) >= 11 is 0. The standard InChI is InChI=1S/C11H16O2/c1-2-6-11(13-9-12)10-7-4-3-5-8-10/h3-5,7-8,11-12H,2,6,9H2,1H3. The molecule has 0 saturated carbocycles. The first kappa shape index (κ1) is 10.2. The molecule has 0 radical (unpaired) electrons. The third kappa shape index (κ3) is 3.17. The van der Waals surface area contributed by atoms with Crippen LogP contribution in [0.3, 0.4) is 0 Å². The van der Waals surface area contributed by atoms with E-state index in [9.17, 15) is 0 Å². The molecule has 1 aromatic rings. The van der Waals surface area contributed by atoms with Crippen LogP contribution in [-0.2, 0) is 4.74 Å². The molecular formula is C11H16O2. The first-order valence-electron chi connectivity index (χ1n) is 4.66. The molecule has 1 unspecified atom stereocenters. The highest BCUT2D eigenvalue weighted by molar-refractivity contribution is 5.17. The van der Waals surface area contributed by atoms with Crippen LogP contribution in [0, 0.1) is 0 Å². The van der Waals surface area contributed by atoms with Gasteiger partial charge in [-0.05, 0) is 12.0 Å². The van der Waals surface area contributed by atoms with E-state index in [1.807, 2.05) is 30.3 Å². The van der Waals surface area contributed by atoms with Gasteiger partial charge in [0.05, 0.1) is 6.10 Å². The van der Waals surface area contributed by atoms with Crippen LogP contribution in [0.25, 0.3) is 0 Å². The molecule has 13 heavy (non-hydrogen) atoms. The fourth-order valence-electron chi connectivity index (χ4n) is 1.37. The maximum Gasteiger partial charge on any atom is 0.144 e. The molecule has 0 aromatic heterocycles. The van der Waals surface area contributed by atoms with E-state index in [0.29, 0.717) is 0 Å². The number of hydrogen-bond acceptors (Lipinski definition) is 2. The first-order valence-corrected chi connectivity index (χ1v) is 4.66. The van der Waals surface area contributed by atoms with Gasteiger partial charge in [0.2, 0.25) is 0 Å². The van der Waals surface area contributed by atoms with Gasteiger partial charge in [0, 0.05) is 0 Å². The Morgan fingerprint density at radius 2 is 2.00 bits per heavy atom. The van der Waals surface area contributed by atoms with Crippen LogP contribution >= 0.6 is 0 Å². The molecule has 1 rings (SSSR count). The van der Waals surface area contributed by atoms with E-state index >= 15 is 0 Å². The number of aliphatic hydroxyl groups is 1. The molecule has 1 aromatic carbocycles. The largest absolute Gasteiger partial charge is 0.371 e. The van der Waals surface area contributed by atoms with Crippen LogP contribution in [0.15, 0.2) is 30.3 Å². The molecule has 0 spiro atoms. The van der Waals surface area contributed by atoms with E-state index in [0.717, 1.165) is 18.4 Å². The van der Waals surface area contributed by atoms with Gasteiger partial charge in [0.25, 0.3) is 0 Å². The van der Waals surface area contributed by atoms with Crippen LogP contribution in [0.5, 0.6) is 0 Å². The van der Waals surface area contributed by atoms with Crippen LogP contribution in [0.2, 0.25) is 0 Å². The minimum absolute atomic E-state index is 0.0381. The zero-order chi connectivity index (χ0) is 9.52. The van der Waals surface area contributed by atoms with Gasteiger partial charge in [-0.15, -0.1) is 0 Å². The summed E-state index contributed by atoms with van der Waals surface area (Å²) in [7, 11) is 0. The van der Waals surface area contributed by atoms with E-state index in [4.69, 9.17) is 9.84 Å². The van der Waals surface area contributed by atoms with Gasteiger partial charge in [-0.3, -0.25) is 0 Å². The molecule has 0 aliphatic carbocycles. The quantitative estimate of drug-likeness (QED) is 0.705. The fourth-order valence-corrected chi connectivity index (χ4v) is 1.37. The van der Waals surface area contributed by atoms with Crippen molar-refractivity contribution in [2.45, 2.75) is 25.9 Å². The highest BCUT2D eigenvalue weighted by Gasteiger charge is 2.08. The monoisotopic (exact) mass is 180 g/mol. The average Bonchev–Trinajstić information content (AvgIpc) is 2.19. The second-order valence-corrected chi connectivity index (χ2v) is 2.98. The summed E-state index contributed by atoms with van der Waals surface area (Å²) in [6, 6.07) is 9.99. The van der Waals surface area contributed by atoms with Gasteiger partial charge in [0.1, 0.15) is 6.79 Å². The molecule has 0 bridgehead atoms. The summed E-state index contributed by atoms with van der Waals surface area (Å²) in [4.78, 5) is 0. The van der Waals surface area contributed by atoms with Crippen LogP contribution in [0.4, 0.5) is 0 Å². The lowest BCUT2D eigenvalue weighted by Crippen LogP contribution is -2.04. The second-order valence-electron chi connectivity index (χ2n) is 2.98. The van der Waals surface area contributed by atoms with Crippen molar-refractivity contribution in [2.24, 2.45) is 0 Å². The Morgan fingerprint density at radius 1 is 1.31 bits per heavy atom. The molecule has 0 fully saturated rings. The van der Waals surface area contributed by atoms with Crippen molar-refractivity contribution in [3.05, 3.63) is 35.9 Å². The molecule has 0 amide bonds. The maximum absolute atomic E-state index is 8.70. The molecule has 1 N–H and O–H groups in total. The van der Waals surface area contributed by atoms with Crippen LogP contribution in [-0.4, -0.2) is 11.9 Å². The number of hydrogen-bond donors (Lipinski definition) is 1. The average molecular weight is 180 g/mol. The van der Waals surface area contributed by atoms with Gasteiger partial charge in [-0.1, -0.05) is 43.7 Å². The predicted molar refractivity (Wildman–Crippen MR) is 52.3 cm³/mol. The van der Waals surface area contributed by atoms with Crippen molar-refractivity contribution in [1.29, 1.82) is 0 Å². The SMILES string of the molecule is CCCC(OCO)c1ccccc1. The smallest absolute Gasteiger partial charge is 0.144 e. The normalized spacial score (nSPS) is 12.8. The van der Waals surface area contributed by atoms with Crippen molar-refractivity contribution in [1.82, 2.24) is 0 Å². The third-order valence-electron chi connectivity index (χ3n) is 2.00. The zero-order valence-corrected chi connectivity index (χ0v) is 7.94. The molecule has 0 heterocycles. The maximum atomic E-state index is 8.70. The van der Waals surface area contributed by atoms with E-state index in [-0.39, 0.29) is 12.9 Å². The van der Waals surface area contributed by atoms with E-state index in [2.05, 4.69) is 6.92 Å². The Labute approximate surface area is 79.2 Å². The summed E-state index contributed by atoms with van der Waals surface area (Å²) in [6.07, 6.45) is 2.04. The molecule has 0 saturated heterocycles. The summed E-state index contributed by atoms with van der Waals surface area (Å²) in [6.45, 7) is 1.90. The van der Waals surface area contributed by atoms with Crippen molar-refractivity contribution >= 4 is 0 Å². The number of benzene rings is 1. The molecule has 2 heteroatoms. The van der Waals surface area contributed by atoms with E-state index < -0.39 is 0 Å². The van der Waals surface area contributed by atoms with Crippen LogP contribution in [0.1, 0.15) is 31.4 Å². The number of aliphatic hydroxyl groups excluding tert-OH is 1. The summed E-state index contributed by atoms with van der Waals surface area (Å²) in [5.74, 6) is 0. The number of rotatable bonds is 5. The molecule has 72 valence electrons. The van der Waals surface area contributed by atoms with Gasteiger partial charge < -0.3 is 9.84 Å². The highest BCUT2D eigenvalue weighted by atomic mass is 16.6. The first-order chi connectivity index (χ1) is 6.38. The Hall–Kier alpha value is -0.860. The van der Waals surface area contributed by atoms with Crippen molar-refractivity contribution < 1.29 is 9.84 Å². The number of ether oxygens (including phenoxy) is 1. The van der Waals surface area contributed by atoms with Gasteiger partial charge in [-0.25, -0.2) is 0 Å².